The lowest BCUT2D eigenvalue weighted by Gasteiger charge is -2.23. The average Bonchev–Trinajstić information content (AvgIpc) is 2.86. The number of sulfonamides is 1. The largest absolute Gasteiger partial charge is 0.448 e. The van der Waals surface area contributed by atoms with Crippen LogP contribution in [0, 0.1) is 6.92 Å². The number of amides is 1. The SMILES string of the molecule is Cc1ccc(S(=O)(=O)N2CC=C[C@H]2COC(N)=O)cc1. The van der Waals surface area contributed by atoms with E-state index in [-0.39, 0.29) is 18.0 Å². The van der Waals surface area contributed by atoms with Crippen molar-refractivity contribution in [3.8, 4) is 0 Å². The Morgan fingerprint density at radius 2 is 2.05 bits per heavy atom. The molecule has 0 saturated heterocycles. The minimum atomic E-state index is -3.61. The molecule has 1 aliphatic heterocycles. The van der Waals surface area contributed by atoms with Crippen molar-refractivity contribution in [2.75, 3.05) is 13.2 Å². The van der Waals surface area contributed by atoms with Crippen molar-refractivity contribution in [3.63, 3.8) is 0 Å². The van der Waals surface area contributed by atoms with Crippen molar-refractivity contribution >= 4 is 16.1 Å². The van der Waals surface area contributed by atoms with Crippen LogP contribution in [-0.2, 0) is 14.8 Å². The summed E-state index contributed by atoms with van der Waals surface area (Å²) in [6.45, 7) is 2.05. The van der Waals surface area contributed by atoms with E-state index in [0.717, 1.165) is 5.56 Å². The summed E-state index contributed by atoms with van der Waals surface area (Å²) in [5, 5.41) is 0. The Labute approximate surface area is 117 Å². The molecule has 1 aromatic carbocycles. The molecule has 0 spiro atoms. The summed E-state index contributed by atoms with van der Waals surface area (Å²) in [5.74, 6) is 0. The number of benzene rings is 1. The molecule has 0 unspecified atom stereocenters. The van der Waals surface area contributed by atoms with E-state index in [1.165, 1.54) is 4.31 Å². The molecule has 1 heterocycles. The van der Waals surface area contributed by atoms with Gasteiger partial charge in [0.2, 0.25) is 10.0 Å². The summed E-state index contributed by atoms with van der Waals surface area (Å²) in [6, 6.07) is 6.09. The molecule has 2 rings (SSSR count). The number of nitrogens with two attached hydrogens (primary N) is 1. The topological polar surface area (TPSA) is 89.7 Å². The van der Waals surface area contributed by atoms with E-state index in [1.807, 2.05) is 6.92 Å². The predicted molar refractivity (Wildman–Crippen MR) is 73.5 cm³/mol. The summed E-state index contributed by atoms with van der Waals surface area (Å²) in [6.07, 6.45) is 2.49. The van der Waals surface area contributed by atoms with Crippen molar-refractivity contribution in [3.05, 3.63) is 42.0 Å². The molecule has 0 saturated carbocycles. The van der Waals surface area contributed by atoms with Crippen LogP contribution in [0.3, 0.4) is 0 Å². The maximum atomic E-state index is 12.5. The molecule has 7 heteroatoms. The first kappa shape index (κ1) is 14.5. The Kier molecular flexibility index (Phi) is 4.10. The van der Waals surface area contributed by atoms with Gasteiger partial charge in [0.15, 0.2) is 0 Å². The molecule has 108 valence electrons. The van der Waals surface area contributed by atoms with Gasteiger partial charge in [-0.1, -0.05) is 29.8 Å². The van der Waals surface area contributed by atoms with E-state index < -0.39 is 22.2 Å². The van der Waals surface area contributed by atoms with Crippen molar-refractivity contribution in [2.24, 2.45) is 5.73 Å². The van der Waals surface area contributed by atoms with Gasteiger partial charge in [0, 0.05) is 6.54 Å². The van der Waals surface area contributed by atoms with Gasteiger partial charge in [-0.3, -0.25) is 0 Å². The molecule has 1 amide bonds. The molecule has 0 aromatic heterocycles. The molecule has 0 bridgehead atoms. The second-order valence-corrected chi connectivity index (χ2v) is 6.40. The summed E-state index contributed by atoms with van der Waals surface area (Å²) in [4.78, 5) is 10.8. The van der Waals surface area contributed by atoms with Crippen molar-refractivity contribution in [1.82, 2.24) is 4.31 Å². The van der Waals surface area contributed by atoms with E-state index in [1.54, 1.807) is 36.4 Å². The minimum Gasteiger partial charge on any atom is -0.448 e. The third-order valence-corrected chi connectivity index (χ3v) is 4.94. The summed E-state index contributed by atoms with van der Waals surface area (Å²) >= 11 is 0. The quantitative estimate of drug-likeness (QED) is 0.840. The molecule has 20 heavy (non-hydrogen) atoms. The Balaban J connectivity index is 2.20. The molecule has 1 aliphatic rings. The molecule has 1 atom stereocenters. The van der Waals surface area contributed by atoms with E-state index in [4.69, 9.17) is 5.73 Å². The molecule has 0 aliphatic carbocycles. The number of carbonyl (C=O) groups excluding carboxylic acids is 1. The van der Waals surface area contributed by atoms with E-state index in [9.17, 15) is 13.2 Å². The summed E-state index contributed by atoms with van der Waals surface area (Å²) in [5.41, 5.74) is 5.88. The number of hydrogen-bond acceptors (Lipinski definition) is 4. The lowest BCUT2D eigenvalue weighted by molar-refractivity contribution is 0.141. The van der Waals surface area contributed by atoms with Gasteiger partial charge in [-0.25, -0.2) is 13.2 Å². The maximum absolute atomic E-state index is 12.5. The first-order chi connectivity index (χ1) is 9.41. The number of aryl methyl sites for hydroxylation is 1. The third kappa shape index (κ3) is 3.00. The van der Waals surface area contributed by atoms with Crippen molar-refractivity contribution in [2.45, 2.75) is 17.9 Å². The van der Waals surface area contributed by atoms with Crippen LogP contribution in [0.5, 0.6) is 0 Å². The first-order valence-corrected chi connectivity index (χ1v) is 7.52. The summed E-state index contributed by atoms with van der Waals surface area (Å²) in [7, 11) is -3.61. The average molecular weight is 296 g/mol. The third-order valence-electron chi connectivity index (χ3n) is 3.04. The molecule has 1 aromatic rings. The standard InChI is InChI=1S/C13H16N2O4S/c1-10-4-6-12(7-5-10)20(17,18)15-8-2-3-11(15)9-19-13(14)16/h2-7,11H,8-9H2,1H3,(H2,14,16)/t11-/m0/s1. The van der Waals surface area contributed by atoms with Crippen molar-refractivity contribution < 1.29 is 17.9 Å². The molecular weight excluding hydrogens is 280 g/mol. The highest BCUT2D eigenvalue weighted by molar-refractivity contribution is 7.89. The maximum Gasteiger partial charge on any atom is 0.404 e. The monoisotopic (exact) mass is 296 g/mol. The molecular formula is C13H16N2O4S. The fourth-order valence-electron chi connectivity index (χ4n) is 1.98. The highest BCUT2D eigenvalue weighted by Crippen LogP contribution is 2.22. The fourth-order valence-corrected chi connectivity index (χ4v) is 3.50. The lowest BCUT2D eigenvalue weighted by atomic mass is 10.2. The molecule has 0 fully saturated rings. The molecule has 0 radical (unpaired) electrons. The van der Waals surface area contributed by atoms with Crippen LogP contribution < -0.4 is 5.73 Å². The smallest absolute Gasteiger partial charge is 0.404 e. The van der Waals surface area contributed by atoms with E-state index in [0.29, 0.717) is 0 Å². The fraction of sp³-hybridized carbons (Fsp3) is 0.308. The van der Waals surface area contributed by atoms with E-state index in [2.05, 4.69) is 4.74 Å². The van der Waals surface area contributed by atoms with Crippen molar-refractivity contribution in [1.29, 1.82) is 0 Å². The molecule has 2 N–H and O–H groups in total. The Morgan fingerprint density at radius 3 is 2.65 bits per heavy atom. The first-order valence-electron chi connectivity index (χ1n) is 6.08. The molecule has 6 nitrogen and oxygen atoms in total. The van der Waals surface area contributed by atoms with Crippen LogP contribution in [0.4, 0.5) is 4.79 Å². The normalized spacial score (nSPS) is 19.1. The zero-order valence-corrected chi connectivity index (χ0v) is 11.8. The van der Waals surface area contributed by atoms with Crippen LogP contribution in [-0.4, -0.2) is 38.0 Å². The number of rotatable bonds is 4. The summed E-state index contributed by atoms with van der Waals surface area (Å²) < 4.78 is 31.0. The zero-order chi connectivity index (χ0) is 14.8. The number of nitrogens with zero attached hydrogens (tertiary/aromatic N) is 1. The minimum absolute atomic E-state index is 0.0864. The van der Waals surface area contributed by atoms with Gasteiger partial charge in [-0.2, -0.15) is 4.31 Å². The van der Waals surface area contributed by atoms with Crippen LogP contribution in [0.1, 0.15) is 5.56 Å². The van der Waals surface area contributed by atoms with Crippen LogP contribution in [0.25, 0.3) is 0 Å². The van der Waals surface area contributed by atoms with Gasteiger partial charge in [-0.05, 0) is 19.1 Å². The Bertz CT molecular complexity index is 622. The van der Waals surface area contributed by atoms with Gasteiger partial charge in [-0.15, -0.1) is 0 Å². The highest BCUT2D eigenvalue weighted by atomic mass is 32.2. The van der Waals surface area contributed by atoms with Gasteiger partial charge in [0.1, 0.15) is 6.61 Å². The Morgan fingerprint density at radius 1 is 1.40 bits per heavy atom. The van der Waals surface area contributed by atoms with Gasteiger partial charge in [0.05, 0.1) is 10.9 Å². The van der Waals surface area contributed by atoms with Crippen LogP contribution in [0.15, 0.2) is 41.3 Å². The van der Waals surface area contributed by atoms with E-state index >= 15 is 0 Å². The highest BCUT2D eigenvalue weighted by Gasteiger charge is 2.32. The number of primary amides is 1. The number of ether oxygens (including phenoxy) is 1. The van der Waals surface area contributed by atoms with Gasteiger partial charge < -0.3 is 10.5 Å². The second kappa shape index (κ2) is 5.64. The van der Waals surface area contributed by atoms with Gasteiger partial charge >= 0.3 is 6.09 Å². The number of carbonyl (C=O) groups is 1. The second-order valence-electron chi connectivity index (χ2n) is 4.51. The predicted octanol–water partition coefficient (Wildman–Crippen LogP) is 1.02. The van der Waals surface area contributed by atoms with Crippen LogP contribution >= 0.6 is 0 Å². The zero-order valence-electron chi connectivity index (χ0n) is 11.0. The van der Waals surface area contributed by atoms with Crippen LogP contribution in [0.2, 0.25) is 0 Å². The lowest BCUT2D eigenvalue weighted by Crippen LogP contribution is -2.39. The Hall–Kier alpha value is -1.86. The van der Waals surface area contributed by atoms with Gasteiger partial charge in [0.25, 0.3) is 0 Å². The number of hydrogen-bond donors (Lipinski definition) is 1.